The number of hydrogen-bond acceptors (Lipinski definition) is 2. The Balaban J connectivity index is 1.73. The molecule has 0 radical (unpaired) electrons. The summed E-state index contributed by atoms with van der Waals surface area (Å²) >= 11 is 0. The number of carbonyl (C=O) groups excluding carboxylic acids is 1. The second kappa shape index (κ2) is 6.71. The minimum absolute atomic E-state index is 0.176. The van der Waals surface area contributed by atoms with Crippen LogP contribution in [-0.2, 0) is 11.2 Å². The molecule has 1 unspecified atom stereocenters. The first-order chi connectivity index (χ1) is 9.15. The van der Waals surface area contributed by atoms with Crippen LogP contribution in [0.4, 0.5) is 0 Å². The summed E-state index contributed by atoms with van der Waals surface area (Å²) in [6.07, 6.45) is 4.64. The summed E-state index contributed by atoms with van der Waals surface area (Å²) in [5.41, 5.74) is 8.50. The lowest BCUT2D eigenvalue weighted by atomic mass is 10.0. The predicted molar refractivity (Wildman–Crippen MR) is 77.9 cm³/mol. The lowest BCUT2D eigenvalue weighted by Crippen LogP contribution is -2.45. The van der Waals surface area contributed by atoms with Gasteiger partial charge in [-0.05, 0) is 38.2 Å². The van der Waals surface area contributed by atoms with Crippen LogP contribution in [0.2, 0.25) is 0 Å². The number of nitrogens with two attached hydrogens (primary N) is 1. The van der Waals surface area contributed by atoms with E-state index in [0.29, 0.717) is 6.42 Å². The Morgan fingerprint density at radius 3 is 2.79 bits per heavy atom. The average Bonchev–Trinajstić information content (AvgIpc) is 2.41. The topological polar surface area (TPSA) is 46.3 Å². The maximum Gasteiger partial charge on any atom is 0.222 e. The molecule has 1 amide bonds. The van der Waals surface area contributed by atoms with Crippen LogP contribution >= 0.6 is 0 Å². The van der Waals surface area contributed by atoms with E-state index < -0.39 is 0 Å². The maximum absolute atomic E-state index is 12.1. The van der Waals surface area contributed by atoms with Crippen LogP contribution in [-0.4, -0.2) is 29.9 Å². The summed E-state index contributed by atoms with van der Waals surface area (Å²) in [6.45, 7) is 3.72. The van der Waals surface area contributed by atoms with E-state index >= 15 is 0 Å². The number of likely N-dealkylation sites (tertiary alicyclic amines) is 1. The van der Waals surface area contributed by atoms with E-state index in [1.807, 2.05) is 4.90 Å². The quantitative estimate of drug-likeness (QED) is 0.902. The number of nitrogens with zero attached hydrogens (tertiary/aromatic N) is 1. The molecule has 1 aromatic rings. The van der Waals surface area contributed by atoms with Gasteiger partial charge >= 0.3 is 0 Å². The summed E-state index contributed by atoms with van der Waals surface area (Å²) in [4.78, 5) is 14.0. The first-order valence-corrected chi connectivity index (χ1v) is 7.24. The maximum atomic E-state index is 12.1. The van der Waals surface area contributed by atoms with E-state index in [1.165, 1.54) is 11.1 Å². The number of rotatable bonds is 4. The molecule has 2 N–H and O–H groups in total. The van der Waals surface area contributed by atoms with Crippen LogP contribution in [0.3, 0.4) is 0 Å². The van der Waals surface area contributed by atoms with Crippen molar-refractivity contribution >= 4 is 5.91 Å². The second-order valence-corrected chi connectivity index (χ2v) is 5.58. The molecule has 0 aromatic heterocycles. The first kappa shape index (κ1) is 14.1. The largest absolute Gasteiger partial charge is 0.341 e. The Hall–Kier alpha value is -1.35. The second-order valence-electron chi connectivity index (χ2n) is 5.58. The van der Waals surface area contributed by atoms with Crippen LogP contribution in [0, 0.1) is 6.92 Å². The van der Waals surface area contributed by atoms with Gasteiger partial charge in [0.05, 0.1) is 0 Å². The molecule has 1 aromatic carbocycles. The van der Waals surface area contributed by atoms with Crippen LogP contribution in [0.1, 0.15) is 36.8 Å². The highest BCUT2D eigenvalue weighted by atomic mass is 16.2. The van der Waals surface area contributed by atoms with Crippen LogP contribution in [0.25, 0.3) is 0 Å². The molecule has 2 rings (SSSR count). The molecule has 0 saturated carbocycles. The van der Waals surface area contributed by atoms with E-state index in [4.69, 9.17) is 5.73 Å². The molecular formula is C16H24N2O. The number of amides is 1. The van der Waals surface area contributed by atoms with Gasteiger partial charge in [0.15, 0.2) is 0 Å². The highest BCUT2D eigenvalue weighted by Gasteiger charge is 2.20. The zero-order valence-electron chi connectivity index (χ0n) is 11.8. The molecular weight excluding hydrogens is 236 g/mol. The smallest absolute Gasteiger partial charge is 0.222 e. The van der Waals surface area contributed by atoms with Crippen LogP contribution in [0.5, 0.6) is 0 Å². The zero-order valence-corrected chi connectivity index (χ0v) is 11.8. The molecule has 1 atom stereocenters. The van der Waals surface area contributed by atoms with Crippen LogP contribution in [0.15, 0.2) is 24.3 Å². The molecule has 1 heterocycles. The van der Waals surface area contributed by atoms with Gasteiger partial charge in [0.2, 0.25) is 5.91 Å². The van der Waals surface area contributed by atoms with Gasteiger partial charge in [0.25, 0.3) is 0 Å². The Morgan fingerprint density at radius 2 is 2.11 bits per heavy atom. The van der Waals surface area contributed by atoms with E-state index in [-0.39, 0.29) is 11.9 Å². The van der Waals surface area contributed by atoms with Crippen molar-refractivity contribution in [1.29, 1.82) is 0 Å². The molecule has 104 valence electrons. The molecule has 1 fully saturated rings. The number of aryl methyl sites for hydroxylation is 2. The van der Waals surface area contributed by atoms with Gasteiger partial charge in [-0.3, -0.25) is 4.79 Å². The Kier molecular flexibility index (Phi) is 4.97. The van der Waals surface area contributed by atoms with E-state index in [1.54, 1.807) is 0 Å². The fraction of sp³-hybridized carbons (Fsp3) is 0.562. The van der Waals surface area contributed by atoms with Crippen molar-refractivity contribution in [1.82, 2.24) is 4.90 Å². The van der Waals surface area contributed by atoms with Gasteiger partial charge in [0.1, 0.15) is 0 Å². The zero-order chi connectivity index (χ0) is 13.7. The van der Waals surface area contributed by atoms with Crippen molar-refractivity contribution in [3.63, 3.8) is 0 Å². The fourth-order valence-electron chi connectivity index (χ4n) is 2.59. The van der Waals surface area contributed by atoms with Gasteiger partial charge in [-0.25, -0.2) is 0 Å². The van der Waals surface area contributed by atoms with Gasteiger partial charge in [0, 0.05) is 25.6 Å². The minimum atomic E-state index is 0.176. The van der Waals surface area contributed by atoms with Gasteiger partial charge < -0.3 is 10.6 Å². The number of benzene rings is 1. The number of hydrogen-bond donors (Lipinski definition) is 1. The highest BCUT2D eigenvalue weighted by Crippen LogP contribution is 2.12. The monoisotopic (exact) mass is 260 g/mol. The Morgan fingerprint density at radius 1 is 1.37 bits per heavy atom. The molecule has 0 aliphatic carbocycles. The van der Waals surface area contributed by atoms with Crippen molar-refractivity contribution in [2.45, 2.75) is 45.1 Å². The Bertz CT molecular complexity index is 413. The van der Waals surface area contributed by atoms with Crippen molar-refractivity contribution in [3.8, 4) is 0 Å². The lowest BCUT2D eigenvalue weighted by Gasteiger charge is -2.30. The van der Waals surface area contributed by atoms with Crippen molar-refractivity contribution in [2.75, 3.05) is 13.1 Å². The number of carbonyl (C=O) groups is 1. The SMILES string of the molecule is Cc1ccc(CCCC(=O)N2CCCC(N)C2)cc1. The van der Waals surface area contributed by atoms with Crippen LogP contribution < -0.4 is 5.73 Å². The van der Waals surface area contributed by atoms with Gasteiger partial charge in [-0.2, -0.15) is 0 Å². The summed E-state index contributed by atoms with van der Waals surface area (Å²) in [7, 11) is 0. The van der Waals surface area contributed by atoms with E-state index in [0.717, 1.165) is 38.8 Å². The third-order valence-corrected chi connectivity index (χ3v) is 3.79. The van der Waals surface area contributed by atoms with Crippen molar-refractivity contribution in [3.05, 3.63) is 35.4 Å². The lowest BCUT2D eigenvalue weighted by molar-refractivity contribution is -0.132. The van der Waals surface area contributed by atoms with E-state index in [2.05, 4.69) is 31.2 Å². The summed E-state index contributed by atoms with van der Waals surface area (Å²) in [5, 5.41) is 0. The van der Waals surface area contributed by atoms with Gasteiger partial charge in [-0.1, -0.05) is 29.8 Å². The standard InChI is InChI=1S/C16H24N2O/c1-13-7-9-14(10-8-13)4-2-6-16(19)18-11-3-5-15(17)12-18/h7-10,15H,2-6,11-12,17H2,1H3. The summed E-state index contributed by atoms with van der Waals surface area (Å²) < 4.78 is 0. The normalized spacial score (nSPS) is 19.5. The van der Waals surface area contributed by atoms with Crippen molar-refractivity contribution < 1.29 is 4.79 Å². The molecule has 19 heavy (non-hydrogen) atoms. The summed E-state index contributed by atoms with van der Waals surface area (Å²) in [6, 6.07) is 8.73. The minimum Gasteiger partial charge on any atom is -0.341 e. The average molecular weight is 260 g/mol. The summed E-state index contributed by atoms with van der Waals surface area (Å²) in [5.74, 6) is 0.266. The molecule has 1 aliphatic heterocycles. The molecule has 0 spiro atoms. The number of piperidine rings is 1. The predicted octanol–water partition coefficient (Wildman–Crippen LogP) is 2.27. The Labute approximate surface area is 115 Å². The highest BCUT2D eigenvalue weighted by molar-refractivity contribution is 5.76. The van der Waals surface area contributed by atoms with Gasteiger partial charge in [-0.15, -0.1) is 0 Å². The molecule has 1 aliphatic rings. The third-order valence-electron chi connectivity index (χ3n) is 3.79. The molecule has 0 bridgehead atoms. The molecule has 3 heteroatoms. The molecule has 1 saturated heterocycles. The molecule has 3 nitrogen and oxygen atoms in total. The van der Waals surface area contributed by atoms with Crippen molar-refractivity contribution in [2.24, 2.45) is 5.73 Å². The third kappa shape index (κ3) is 4.35. The van der Waals surface area contributed by atoms with E-state index in [9.17, 15) is 4.79 Å². The first-order valence-electron chi connectivity index (χ1n) is 7.24. The fourth-order valence-corrected chi connectivity index (χ4v) is 2.59.